The molecule has 2 aromatic rings. The number of Topliss-reactive ketones (excluding diaryl/α,β-unsaturated/α-hetero) is 1. The maximum Gasteiger partial charge on any atom is 0.159 e. The summed E-state index contributed by atoms with van der Waals surface area (Å²) in [5, 5.41) is 0. The fraction of sp³-hybridized carbons (Fsp3) is 0.188. The SMILES string of the molecule is CC(=O)c1ccc(OCc2ccccc2)c(C)c1. The Morgan fingerprint density at radius 1 is 1.11 bits per heavy atom. The molecule has 92 valence electrons. The number of carbonyl (C=O) groups is 1. The number of carbonyl (C=O) groups excluding carboxylic acids is 1. The predicted molar refractivity (Wildman–Crippen MR) is 72.0 cm³/mol. The third-order valence-electron chi connectivity index (χ3n) is 2.82. The van der Waals surface area contributed by atoms with Crippen LogP contribution in [-0.2, 0) is 6.61 Å². The van der Waals surface area contributed by atoms with Crippen molar-refractivity contribution in [1.82, 2.24) is 0 Å². The van der Waals surface area contributed by atoms with Gasteiger partial charge in [-0.15, -0.1) is 0 Å². The van der Waals surface area contributed by atoms with Gasteiger partial charge in [-0.3, -0.25) is 4.79 Å². The summed E-state index contributed by atoms with van der Waals surface area (Å²) >= 11 is 0. The van der Waals surface area contributed by atoms with Crippen LogP contribution in [0.25, 0.3) is 0 Å². The predicted octanol–water partition coefficient (Wildman–Crippen LogP) is 3.78. The van der Waals surface area contributed by atoms with Crippen LogP contribution in [0.3, 0.4) is 0 Å². The van der Waals surface area contributed by atoms with Crippen LogP contribution < -0.4 is 4.74 Å². The molecular formula is C16H16O2. The normalized spacial score (nSPS) is 10.1. The molecule has 0 aliphatic carbocycles. The fourth-order valence-electron chi connectivity index (χ4n) is 1.77. The van der Waals surface area contributed by atoms with Crippen LogP contribution in [0.5, 0.6) is 5.75 Å². The van der Waals surface area contributed by atoms with Crippen molar-refractivity contribution in [2.45, 2.75) is 20.5 Å². The lowest BCUT2D eigenvalue weighted by Crippen LogP contribution is -1.99. The van der Waals surface area contributed by atoms with Gasteiger partial charge in [0.2, 0.25) is 0 Å². The summed E-state index contributed by atoms with van der Waals surface area (Å²) in [5.74, 6) is 0.900. The summed E-state index contributed by atoms with van der Waals surface area (Å²) in [4.78, 5) is 11.2. The Balaban J connectivity index is 2.08. The van der Waals surface area contributed by atoms with Gasteiger partial charge in [-0.05, 0) is 43.2 Å². The molecule has 0 heterocycles. The highest BCUT2D eigenvalue weighted by atomic mass is 16.5. The van der Waals surface area contributed by atoms with Gasteiger partial charge in [0.05, 0.1) is 0 Å². The molecule has 0 unspecified atom stereocenters. The first-order valence-corrected chi connectivity index (χ1v) is 5.95. The molecule has 2 rings (SSSR count). The summed E-state index contributed by atoms with van der Waals surface area (Å²) < 4.78 is 5.75. The number of ketones is 1. The fourth-order valence-corrected chi connectivity index (χ4v) is 1.77. The third-order valence-corrected chi connectivity index (χ3v) is 2.82. The first-order chi connectivity index (χ1) is 8.66. The van der Waals surface area contributed by atoms with E-state index in [1.165, 1.54) is 0 Å². The molecule has 0 radical (unpaired) electrons. The van der Waals surface area contributed by atoms with Crippen LogP contribution in [0.2, 0.25) is 0 Å². The van der Waals surface area contributed by atoms with Crippen LogP contribution in [0.4, 0.5) is 0 Å². The molecule has 0 aliphatic heterocycles. The number of rotatable bonds is 4. The van der Waals surface area contributed by atoms with Crippen molar-refractivity contribution < 1.29 is 9.53 Å². The minimum Gasteiger partial charge on any atom is -0.489 e. The van der Waals surface area contributed by atoms with Gasteiger partial charge in [0.1, 0.15) is 12.4 Å². The zero-order valence-electron chi connectivity index (χ0n) is 10.6. The van der Waals surface area contributed by atoms with E-state index in [1.54, 1.807) is 13.0 Å². The molecule has 2 heteroatoms. The van der Waals surface area contributed by atoms with Crippen LogP contribution in [0.1, 0.15) is 28.4 Å². The lowest BCUT2D eigenvalue weighted by atomic mass is 10.1. The van der Waals surface area contributed by atoms with E-state index in [9.17, 15) is 4.79 Å². The molecule has 0 fully saturated rings. The van der Waals surface area contributed by atoms with E-state index in [-0.39, 0.29) is 5.78 Å². The summed E-state index contributed by atoms with van der Waals surface area (Å²) in [6.07, 6.45) is 0. The molecule has 0 aromatic heterocycles. The van der Waals surface area contributed by atoms with Crippen molar-refractivity contribution in [2.24, 2.45) is 0 Å². The van der Waals surface area contributed by atoms with Crippen LogP contribution >= 0.6 is 0 Å². The van der Waals surface area contributed by atoms with Crippen LogP contribution in [-0.4, -0.2) is 5.78 Å². The molecule has 0 spiro atoms. The zero-order chi connectivity index (χ0) is 13.0. The van der Waals surface area contributed by atoms with E-state index in [4.69, 9.17) is 4.74 Å². The van der Waals surface area contributed by atoms with E-state index < -0.39 is 0 Å². The molecular weight excluding hydrogens is 224 g/mol. The second kappa shape index (κ2) is 5.50. The largest absolute Gasteiger partial charge is 0.489 e. The second-order valence-corrected chi connectivity index (χ2v) is 4.31. The molecule has 2 aromatic carbocycles. The average Bonchev–Trinajstić information content (AvgIpc) is 2.38. The Labute approximate surface area is 107 Å². The molecule has 2 nitrogen and oxygen atoms in total. The van der Waals surface area contributed by atoms with Gasteiger partial charge in [-0.2, -0.15) is 0 Å². The van der Waals surface area contributed by atoms with Gasteiger partial charge < -0.3 is 4.74 Å². The molecule has 0 N–H and O–H groups in total. The van der Waals surface area contributed by atoms with E-state index in [2.05, 4.69) is 0 Å². The average molecular weight is 240 g/mol. The molecule has 0 saturated heterocycles. The Bertz CT molecular complexity index is 544. The highest BCUT2D eigenvalue weighted by Gasteiger charge is 2.04. The second-order valence-electron chi connectivity index (χ2n) is 4.31. The molecule has 0 bridgehead atoms. The van der Waals surface area contributed by atoms with E-state index in [1.807, 2.05) is 49.4 Å². The van der Waals surface area contributed by atoms with Crippen LogP contribution in [0.15, 0.2) is 48.5 Å². The number of benzene rings is 2. The summed E-state index contributed by atoms with van der Waals surface area (Å²) in [5.41, 5.74) is 2.84. The lowest BCUT2D eigenvalue weighted by Gasteiger charge is -2.10. The van der Waals surface area contributed by atoms with E-state index >= 15 is 0 Å². The van der Waals surface area contributed by atoms with Crippen molar-refractivity contribution in [1.29, 1.82) is 0 Å². The highest BCUT2D eigenvalue weighted by molar-refractivity contribution is 5.94. The minimum atomic E-state index is 0.0766. The number of ether oxygens (including phenoxy) is 1. The van der Waals surface area contributed by atoms with Gasteiger partial charge in [0.25, 0.3) is 0 Å². The maximum absolute atomic E-state index is 11.2. The number of aryl methyl sites for hydroxylation is 1. The van der Waals surface area contributed by atoms with E-state index in [0.717, 1.165) is 22.4 Å². The van der Waals surface area contributed by atoms with Crippen molar-refractivity contribution in [2.75, 3.05) is 0 Å². The standard InChI is InChI=1S/C16H16O2/c1-12-10-15(13(2)17)8-9-16(12)18-11-14-6-4-3-5-7-14/h3-10H,11H2,1-2H3. The Hall–Kier alpha value is -2.09. The lowest BCUT2D eigenvalue weighted by molar-refractivity contribution is 0.101. The van der Waals surface area contributed by atoms with Gasteiger partial charge >= 0.3 is 0 Å². The molecule has 0 saturated carbocycles. The van der Waals surface area contributed by atoms with Gasteiger partial charge in [-0.25, -0.2) is 0 Å². The van der Waals surface area contributed by atoms with Crippen molar-refractivity contribution in [3.8, 4) is 5.75 Å². The maximum atomic E-state index is 11.2. The smallest absolute Gasteiger partial charge is 0.159 e. The summed E-state index contributed by atoms with van der Waals surface area (Å²) in [6.45, 7) is 4.06. The number of hydrogen-bond donors (Lipinski definition) is 0. The summed E-state index contributed by atoms with van der Waals surface area (Å²) in [6, 6.07) is 15.5. The highest BCUT2D eigenvalue weighted by Crippen LogP contribution is 2.20. The minimum absolute atomic E-state index is 0.0766. The summed E-state index contributed by atoms with van der Waals surface area (Å²) in [7, 11) is 0. The van der Waals surface area contributed by atoms with Gasteiger partial charge in [-0.1, -0.05) is 30.3 Å². The van der Waals surface area contributed by atoms with Crippen molar-refractivity contribution in [3.05, 3.63) is 65.2 Å². The topological polar surface area (TPSA) is 26.3 Å². The van der Waals surface area contributed by atoms with Crippen molar-refractivity contribution >= 4 is 5.78 Å². The molecule has 0 amide bonds. The molecule has 18 heavy (non-hydrogen) atoms. The van der Waals surface area contributed by atoms with Gasteiger partial charge in [0.15, 0.2) is 5.78 Å². The van der Waals surface area contributed by atoms with E-state index in [0.29, 0.717) is 6.61 Å². The first kappa shape index (κ1) is 12.4. The monoisotopic (exact) mass is 240 g/mol. The third kappa shape index (κ3) is 2.98. The van der Waals surface area contributed by atoms with Gasteiger partial charge in [0, 0.05) is 5.56 Å². The Morgan fingerprint density at radius 2 is 1.83 bits per heavy atom. The first-order valence-electron chi connectivity index (χ1n) is 5.95. The Kier molecular flexibility index (Phi) is 3.78. The molecule has 0 atom stereocenters. The quantitative estimate of drug-likeness (QED) is 0.760. The van der Waals surface area contributed by atoms with Crippen LogP contribution in [0, 0.1) is 6.92 Å². The Morgan fingerprint density at radius 3 is 2.44 bits per heavy atom. The number of hydrogen-bond acceptors (Lipinski definition) is 2. The van der Waals surface area contributed by atoms with Crippen molar-refractivity contribution in [3.63, 3.8) is 0 Å². The zero-order valence-corrected chi connectivity index (χ0v) is 10.6. The molecule has 0 aliphatic rings.